The van der Waals surface area contributed by atoms with Crippen molar-refractivity contribution in [3.63, 3.8) is 0 Å². The minimum atomic E-state index is -0.127. The quantitative estimate of drug-likeness (QED) is 0.758. The second kappa shape index (κ2) is 8.39. The fraction of sp³-hybridized carbons (Fsp3) is 0.353. The summed E-state index contributed by atoms with van der Waals surface area (Å²) in [4.78, 5) is 4.03. The SMILES string of the molecule is CCC(N)C(OCCOc1ccccc1)c1ccncc1. The van der Waals surface area contributed by atoms with Crippen LogP contribution in [0.5, 0.6) is 5.75 Å². The van der Waals surface area contributed by atoms with E-state index in [0.717, 1.165) is 17.7 Å². The highest BCUT2D eigenvalue weighted by Crippen LogP contribution is 2.21. The standard InChI is InChI=1S/C17H22N2O2/c1-2-16(18)17(14-8-10-19-11-9-14)21-13-12-20-15-6-4-3-5-7-15/h3-11,16-17H,2,12-13,18H2,1H3. The van der Waals surface area contributed by atoms with Gasteiger partial charge in [0.05, 0.1) is 12.7 Å². The Labute approximate surface area is 125 Å². The van der Waals surface area contributed by atoms with E-state index in [0.29, 0.717) is 13.2 Å². The first-order valence-electron chi connectivity index (χ1n) is 7.26. The van der Waals surface area contributed by atoms with Gasteiger partial charge in [0.2, 0.25) is 0 Å². The van der Waals surface area contributed by atoms with Crippen LogP contribution in [0.4, 0.5) is 0 Å². The molecule has 1 aromatic carbocycles. The Hall–Kier alpha value is -1.91. The predicted molar refractivity (Wildman–Crippen MR) is 83.1 cm³/mol. The van der Waals surface area contributed by atoms with Gasteiger partial charge >= 0.3 is 0 Å². The fourth-order valence-electron chi connectivity index (χ4n) is 2.09. The summed E-state index contributed by atoms with van der Waals surface area (Å²) in [5.41, 5.74) is 7.21. The number of aromatic nitrogens is 1. The zero-order valence-electron chi connectivity index (χ0n) is 12.3. The van der Waals surface area contributed by atoms with Crippen molar-refractivity contribution in [2.75, 3.05) is 13.2 Å². The molecule has 2 aromatic rings. The molecule has 112 valence electrons. The van der Waals surface area contributed by atoms with Crippen molar-refractivity contribution in [3.05, 3.63) is 60.4 Å². The summed E-state index contributed by atoms with van der Waals surface area (Å²) in [6, 6.07) is 13.6. The summed E-state index contributed by atoms with van der Waals surface area (Å²) >= 11 is 0. The highest BCUT2D eigenvalue weighted by atomic mass is 16.5. The van der Waals surface area contributed by atoms with Gasteiger partial charge in [-0.25, -0.2) is 0 Å². The Bertz CT molecular complexity index is 505. The molecule has 4 nitrogen and oxygen atoms in total. The Morgan fingerprint density at radius 3 is 2.43 bits per heavy atom. The normalized spacial score (nSPS) is 13.6. The van der Waals surface area contributed by atoms with Gasteiger partial charge in [0.15, 0.2) is 0 Å². The molecule has 0 aliphatic carbocycles. The molecule has 0 fully saturated rings. The number of hydrogen-bond acceptors (Lipinski definition) is 4. The van der Waals surface area contributed by atoms with E-state index < -0.39 is 0 Å². The Kier molecular flexibility index (Phi) is 6.19. The maximum absolute atomic E-state index is 6.16. The second-order valence-corrected chi connectivity index (χ2v) is 4.81. The van der Waals surface area contributed by atoms with Crippen molar-refractivity contribution < 1.29 is 9.47 Å². The molecule has 2 N–H and O–H groups in total. The molecule has 0 saturated carbocycles. The molecular formula is C17H22N2O2. The van der Waals surface area contributed by atoms with E-state index in [9.17, 15) is 0 Å². The van der Waals surface area contributed by atoms with Gasteiger partial charge in [0, 0.05) is 18.4 Å². The lowest BCUT2D eigenvalue weighted by atomic mass is 10.0. The molecule has 0 aliphatic rings. The lowest BCUT2D eigenvalue weighted by molar-refractivity contribution is 0.0167. The van der Waals surface area contributed by atoms with Crippen LogP contribution in [0.15, 0.2) is 54.9 Å². The van der Waals surface area contributed by atoms with E-state index in [1.807, 2.05) is 42.5 Å². The first-order chi connectivity index (χ1) is 10.3. The summed E-state index contributed by atoms with van der Waals surface area (Å²) in [6.07, 6.45) is 4.24. The molecule has 0 bridgehead atoms. The average molecular weight is 286 g/mol. The Balaban J connectivity index is 1.85. The number of benzene rings is 1. The van der Waals surface area contributed by atoms with Crippen LogP contribution in [0.2, 0.25) is 0 Å². The van der Waals surface area contributed by atoms with Gasteiger partial charge in [-0.05, 0) is 36.2 Å². The summed E-state index contributed by atoms with van der Waals surface area (Å²) in [5, 5.41) is 0. The predicted octanol–water partition coefficient (Wildman–Crippen LogP) is 2.96. The summed E-state index contributed by atoms with van der Waals surface area (Å²) in [5.74, 6) is 0.848. The van der Waals surface area contributed by atoms with Gasteiger partial charge in [-0.15, -0.1) is 0 Å². The third-order valence-electron chi connectivity index (χ3n) is 3.29. The van der Waals surface area contributed by atoms with Crippen molar-refractivity contribution in [1.82, 2.24) is 4.98 Å². The molecule has 0 radical (unpaired) electrons. The molecule has 0 spiro atoms. The first kappa shape index (κ1) is 15.5. The number of nitrogens with two attached hydrogens (primary N) is 1. The molecular weight excluding hydrogens is 264 g/mol. The van der Waals surface area contributed by atoms with E-state index in [1.165, 1.54) is 0 Å². The van der Waals surface area contributed by atoms with Crippen LogP contribution >= 0.6 is 0 Å². The zero-order chi connectivity index (χ0) is 14.9. The maximum atomic E-state index is 6.16. The minimum Gasteiger partial charge on any atom is -0.491 e. The lowest BCUT2D eigenvalue weighted by Gasteiger charge is -2.23. The van der Waals surface area contributed by atoms with E-state index in [-0.39, 0.29) is 12.1 Å². The summed E-state index contributed by atoms with van der Waals surface area (Å²) in [6.45, 7) is 3.06. The van der Waals surface area contributed by atoms with Crippen molar-refractivity contribution >= 4 is 0 Å². The van der Waals surface area contributed by atoms with Crippen molar-refractivity contribution in [1.29, 1.82) is 0 Å². The van der Waals surface area contributed by atoms with Gasteiger partial charge in [-0.2, -0.15) is 0 Å². The van der Waals surface area contributed by atoms with Crippen LogP contribution in [-0.4, -0.2) is 24.2 Å². The molecule has 0 aliphatic heterocycles. The molecule has 4 heteroatoms. The van der Waals surface area contributed by atoms with Crippen LogP contribution in [-0.2, 0) is 4.74 Å². The number of ether oxygens (including phenoxy) is 2. The average Bonchev–Trinajstić information content (AvgIpc) is 2.56. The molecule has 2 unspecified atom stereocenters. The van der Waals surface area contributed by atoms with E-state index in [1.54, 1.807) is 12.4 Å². The van der Waals surface area contributed by atoms with E-state index >= 15 is 0 Å². The Morgan fingerprint density at radius 1 is 1.05 bits per heavy atom. The van der Waals surface area contributed by atoms with Gasteiger partial charge < -0.3 is 15.2 Å². The number of hydrogen-bond donors (Lipinski definition) is 1. The molecule has 1 aromatic heterocycles. The van der Waals surface area contributed by atoms with E-state index in [4.69, 9.17) is 15.2 Å². The van der Waals surface area contributed by atoms with Crippen LogP contribution in [0.1, 0.15) is 25.0 Å². The Morgan fingerprint density at radius 2 is 1.76 bits per heavy atom. The third kappa shape index (κ3) is 4.85. The molecule has 1 heterocycles. The van der Waals surface area contributed by atoms with Gasteiger partial charge in [-0.3, -0.25) is 4.98 Å². The minimum absolute atomic E-state index is 0.0378. The van der Waals surface area contributed by atoms with E-state index in [2.05, 4.69) is 11.9 Å². The van der Waals surface area contributed by atoms with Gasteiger partial charge in [0.1, 0.15) is 12.4 Å². The first-order valence-corrected chi connectivity index (χ1v) is 7.26. The van der Waals surface area contributed by atoms with Crippen LogP contribution in [0.25, 0.3) is 0 Å². The van der Waals surface area contributed by atoms with Crippen molar-refractivity contribution in [2.45, 2.75) is 25.5 Å². The highest BCUT2D eigenvalue weighted by molar-refractivity contribution is 5.20. The summed E-state index contributed by atoms with van der Waals surface area (Å²) < 4.78 is 11.6. The van der Waals surface area contributed by atoms with Crippen molar-refractivity contribution in [2.24, 2.45) is 5.73 Å². The fourth-order valence-corrected chi connectivity index (χ4v) is 2.09. The zero-order valence-corrected chi connectivity index (χ0v) is 12.3. The lowest BCUT2D eigenvalue weighted by Crippen LogP contribution is -2.30. The molecule has 2 atom stereocenters. The molecule has 0 amide bonds. The topological polar surface area (TPSA) is 57.4 Å². The number of nitrogens with zero attached hydrogens (tertiary/aromatic N) is 1. The van der Waals surface area contributed by atoms with Gasteiger partial charge in [-0.1, -0.05) is 25.1 Å². The second-order valence-electron chi connectivity index (χ2n) is 4.81. The van der Waals surface area contributed by atoms with Crippen LogP contribution in [0, 0.1) is 0 Å². The highest BCUT2D eigenvalue weighted by Gasteiger charge is 2.18. The molecule has 21 heavy (non-hydrogen) atoms. The monoisotopic (exact) mass is 286 g/mol. The van der Waals surface area contributed by atoms with Crippen molar-refractivity contribution in [3.8, 4) is 5.75 Å². The number of pyridine rings is 1. The largest absolute Gasteiger partial charge is 0.491 e. The molecule has 2 rings (SSSR count). The smallest absolute Gasteiger partial charge is 0.119 e. The van der Waals surface area contributed by atoms with Crippen LogP contribution < -0.4 is 10.5 Å². The van der Waals surface area contributed by atoms with Gasteiger partial charge in [0.25, 0.3) is 0 Å². The molecule has 0 saturated heterocycles. The van der Waals surface area contributed by atoms with Crippen LogP contribution in [0.3, 0.4) is 0 Å². The number of rotatable bonds is 8. The third-order valence-corrected chi connectivity index (χ3v) is 3.29. The number of para-hydroxylation sites is 1. The summed E-state index contributed by atoms with van der Waals surface area (Å²) in [7, 11) is 0. The maximum Gasteiger partial charge on any atom is 0.119 e.